The summed E-state index contributed by atoms with van der Waals surface area (Å²) >= 11 is 0. The second-order valence-corrected chi connectivity index (χ2v) is 7.20. The lowest BCUT2D eigenvalue weighted by Gasteiger charge is -2.34. The van der Waals surface area contributed by atoms with Gasteiger partial charge in [0.2, 0.25) is 0 Å². The van der Waals surface area contributed by atoms with Crippen molar-refractivity contribution in [3.8, 4) is 0 Å². The van der Waals surface area contributed by atoms with Gasteiger partial charge in [-0.15, -0.1) is 0 Å². The van der Waals surface area contributed by atoms with Crippen LogP contribution in [0.15, 0.2) is 18.5 Å². The predicted octanol–water partition coefficient (Wildman–Crippen LogP) is 4.18. The first-order chi connectivity index (χ1) is 9.88. The Morgan fingerprint density at radius 2 is 1.90 bits per heavy atom. The van der Waals surface area contributed by atoms with E-state index in [9.17, 15) is 0 Å². The summed E-state index contributed by atoms with van der Waals surface area (Å²) in [6.45, 7) is 11.1. The fourth-order valence-corrected chi connectivity index (χ4v) is 3.56. The van der Waals surface area contributed by atoms with Crippen molar-refractivity contribution in [3.05, 3.63) is 29.7 Å². The molecule has 1 atom stereocenters. The highest BCUT2D eigenvalue weighted by molar-refractivity contribution is 5.84. The number of hydrogen-bond acceptors (Lipinski definition) is 0. The molecule has 0 spiro atoms. The van der Waals surface area contributed by atoms with Crippen molar-refractivity contribution in [3.63, 3.8) is 0 Å². The monoisotopic (exact) mass is 287 g/mol. The van der Waals surface area contributed by atoms with Gasteiger partial charge in [0.15, 0.2) is 12.4 Å². The highest BCUT2D eigenvalue weighted by Crippen LogP contribution is 2.40. The molecule has 2 aromatic rings. The molecule has 0 saturated carbocycles. The molecule has 0 saturated heterocycles. The van der Waals surface area contributed by atoms with E-state index >= 15 is 0 Å². The molecule has 2 aromatic heterocycles. The highest BCUT2D eigenvalue weighted by Gasteiger charge is 2.31. The van der Waals surface area contributed by atoms with Gasteiger partial charge in [0, 0.05) is 18.8 Å². The summed E-state index contributed by atoms with van der Waals surface area (Å²) in [5, 5.41) is 1.46. The molecule has 0 N–H and O–H groups in total. The number of fused-ring (bicyclic) bond motifs is 3. The van der Waals surface area contributed by atoms with Crippen molar-refractivity contribution in [2.45, 2.75) is 53.9 Å². The van der Waals surface area contributed by atoms with Crippen LogP contribution in [0.1, 0.15) is 52.3 Å². The van der Waals surface area contributed by atoms with Crippen LogP contribution in [-0.2, 0) is 26.9 Å². The Kier molecular flexibility index (Phi) is 4.46. The van der Waals surface area contributed by atoms with Gasteiger partial charge >= 0.3 is 0 Å². The van der Waals surface area contributed by atoms with Gasteiger partial charge in [0.25, 0.3) is 0 Å². The lowest BCUT2D eigenvalue weighted by molar-refractivity contribution is -0.670. The molecule has 116 valence electrons. The molecule has 3 rings (SSSR count). The first-order valence-electron chi connectivity index (χ1n) is 8.33. The van der Waals surface area contributed by atoms with Crippen LogP contribution >= 0.6 is 0 Å². The predicted molar refractivity (Wildman–Crippen MR) is 90.4 cm³/mol. The standard InChI is InChI=1S/C17H25N2.C2H6/c1-17(2,3)12-6-7-15-13(10-12)14-11-18(4)9-8-16(14)19(15)5;1-2/h8-9,11-12H,6-7,10H2,1-5H3;1-2H3/q+1;. The van der Waals surface area contributed by atoms with Crippen LogP contribution < -0.4 is 4.57 Å². The van der Waals surface area contributed by atoms with Gasteiger partial charge in [-0.1, -0.05) is 34.6 Å². The molecule has 1 unspecified atom stereocenters. The summed E-state index contributed by atoms with van der Waals surface area (Å²) < 4.78 is 4.58. The van der Waals surface area contributed by atoms with Crippen LogP contribution in [0.25, 0.3) is 10.9 Å². The minimum atomic E-state index is 0.414. The molecule has 2 heterocycles. The van der Waals surface area contributed by atoms with Crippen LogP contribution in [0.3, 0.4) is 0 Å². The summed E-state index contributed by atoms with van der Waals surface area (Å²) in [5.41, 5.74) is 4.95. The topological polar surface area (TPSA) is 8.81 Å². The summed E-state index contributed by atoms with van der Waals surface area (Å²) in [5.74, 6) is 0.802. The van der Waals surface area contributed by atoms with Crippen molar-refractivity contribution < 1.29 is 4.57 Å². The van der Waals surface area contributed by atoms with E-state index < -0.39 is 0 Å². The van der Waals surface area contributed by atoms with Crippen LogP contribution in [0.2, 0.25) is 0 Å². The van der Waals surface area contributed by atoms with E-state index in [2.05, 4.69) is 62.5 Å². The average molecular weight is 287 g/mol. The van der Waals surface area contributed by atoms with Gasteiger partial charge in [-0.3, -0.25) is 0 Å². The summed E-state index contributed by atoms with van der Waals surface area (Å²) in [6.07, 6.45) is 8.23. The Labute approximate surface area is 129 Å². The van der Waals surface area contributed by atoms with E-state index in [1.165, 1.54) is 30.2 Å². The lowest BCUT2D eigenvalue weighted by atomic mass is 9.71. The Morgan fingerprint density at radius 3 is 2.52 bits per heavy atom. The largest absolute Gasteiger partial charge is 0.347 e. The summed E-state index contributed by atoms with van der Waals surface area (Å²) in [4.78, 5) is 0. The molecular formula is C19H31N2+. The Hall–Kier alpha value is -1.31. The van der Waals surface area contributed by atoms with Crippen molar-refractivity contribution in [1.82, 2.24) is 4.57 Å². The second-order valence-electron chi connectivity index (χ2n) is 7.20. The van der Waals surface area contributed by atoms with Crippen LogP contribution in [0.4, 0.5) is 0 Å². The third kappa shape index (κ3) is 2.86. The minimum Gasteiger partial charge on any atom is -0.347 e. The second kappa shape index (κ2) is 5.82. The molecular weight excluding hydrogens is 256 g/mol. The summed E-state index contributed by atoms with van der Waals surface area (Å²) in [7, 11) is 4.33. The number of nitrogens with zero attached hydrogens (tertiary/aromatic N) is 2. The van der Waals surface area contributed by atoms with E-state index in [1.807, 2.05) is 13.8 Å². The number of hydrogen-bond donors (Lipinski definition) is 0. The number of pyridine rings is 1. The molecule has 0 aromatic carbocycles. The maximum atomic E-state index is 2.41. The first kappa shape index (κ1) is 16.1. The van der Waals surface area contributed by atoms with Crippen LogP contribution in [0, 0.1) is 11.3 Å². The van der Waals surface area contributed by atoms with E-state index in [1.54, 1.807) is 11.3 Å². The average Bonchev–Trinajstić information content (AvgIpc) is 2.73. The molecule has 21 heavy (non-hydrogen) atoms. The lowest BCUT2D eigenvalue weighted by Crippen LogP contribution is -2.28. The number of aryl methyl sites for hydroxylation is 2. The Balaban J connectivity index is 0.000000774. The zero-order chi connectivity index (χ0) is 15.8. The van der Waals surface area contributed by atoms with Gasteiger partial charge in [-0.25, -0.2) is 4.57 Å². The molecule has 2 heteroatoms. The maximum Gasteiger partial charge on any atom is 0.178 e. The third-order valence-electron chi connectivity index (χ3n) is 4.92. The molecule has 0 bridgehead atoms. The zero-order valence-corrected chi connectivity index (χ0v) is 14.8. The fourth-order valence-electron chi connectivity index (χ4n) is 3.56. The van der Waals surface area contributed by atoms with Crippen molar-refractivity contribution in [2.24, 2.45) is 25.4 Å². The van der Waals surface area contributed by atoms with Crippen LogP contribution in [-0.4, -0.2) is 4.57 Å². The van der Waals surface area contributed by atoms with Gasteiger partial charge in [0.05, 0.1) is 10.9 Å². The number of aromatic nitrogens is 2. The zero-order valence-electron chi connectivity index (χ0n) is 14.8. The van der Waals surface area contributed by atoms with E-state index in [-0.39, 0.29) is 0 Å². The molecule has 0 aliphatic heterocycles. The normalized spacial score (nSPS) is 18.1. The molecule has 1 aliphatic rings. The SMILES string of the molecule is CC.Cn1c2c(c3c[n+](C)ccc31)CC(C(C)(C)C)CC2. The number of rotatable bonds is 0. The molecule has 2 nitrogen and oxygen atoms in total. The minimum absolute atomic E-state index is 0.414. The van der Waals surface area contributed by atoms with Gasteiger partial charge in [-0.2, -0.15) is 0 Å². The summed E-state index contributed by atoms with van der Waals surface area (Å²) in [6, 6.07) is 2.25. The third-order valence-corrected chi connectivity index (χ3v) is 4.92. The van der Waals surface area contributed by atoms with E-state index in [0.717, 1.165) is 5.92 Å². The van der Waals surface area contributed by atoms with E-state index in [4.69, 9.17) is 0 Å². The molecule has 0 amide bonds. The molecule has 0 radical (unpaired) electrons. The van der Waals surface area contributed by atoms with Crippen molar-refractivity contribution in [2.75, 3.05) is 0 Å². The molecule has 1 aliphatic carbocycles. The van der Waals surface area contributed by atoms with Gasteiger partial charge in [-0.05, 0) is 36.2 Å². The first-order valence-corrected chi connectivity index (χ1v) is 8.33. The highest BCUT2D eigenvalue weighted by atomic mass is 15.0. The van der Waals surface area contributed by atoms with Gasteiger partial charge in [0.1, 0.15) is 7.05 Å². The quantitative estimate of drug-likeness (QED) is 0.643. The molecule has 0 fully saturated rings. The Bertz CT molecular complexity index is 629. The smallest absolute Gasteiger partial charge is 0.178 e. The fraction of sp³-hybridized carbons (Fsp3) is 0.632. The van der Waals surface area contributed by atoms with Crippen molar-refractivity contribution >= 4 is 10.9 Å². The van der Waals surface area contributed by atoms with Gasteiger partial charge < -0.3 is 4.57 Å². The van der Waals surface area contributed by atoms with Crippen LogP contribution in [0.5, 0.6) is 0 Å². The van der Waals surface area contributed by atoms with Crippen molar-refractivity contribution in [1.29, 1.82) is 0 Å². The van der Waals surface area contributed by atoms with E-state index in [0.29, 0.717) is 5.41 Å². The Morgan fingerprint density at radius 1 is 1.24 bits per heavy atom. The maximum absolute atomic E-state index is 2.41.